The number of ether oxygens (including phenoxy) is 3. The Morgan fingerprint density at radius 1 is 1.00 bits per heavy atom. The summed E-state index contributed by atoms with van der Waals surface area (Å²) in [7, 11) is 1.38. The quantitative estimate of drug-likeness (QED) is 0.273. The van der Waals surface area contributed by atoms with Gasteiger partial charge in [-0.15, -0.1) is 11.3 Å². The normalized spacial score (nSPS) is 14.2. The minimum absolute atomic E-state index is 0.185. The summed E-state index contributed by atoms with van der Waals surface area (Å²) < 4.78 is 16.1. The molecule has 0 unspecified atom stereocenters. The highest BCUT2D eigenvalue weighted by molar-refractivity contribution is 7.17. The summed E-state index contributed by atoms with van der Waals surface area (Å²) in [5, 5.41) is 4.32. The van der Waals surface area contributed by atoms with Crippen molar-refractivity contribution in [1.29, 1.82) is 0 Å². The third kappa shape index (κ3) is 3.97. The number of anilines is 1. The molecule has 1 amide bonds. The number of aryl methyl sites for hydroxylation is 1. The van der Waals surface area contributed by atoms with Crippen molar-refractivity contribution in [2.24, 2.45) is 0 Å². The van der Waals surface area contributed by atoms with E-state index in [2.05, 4.69) is 5.32 Å². The van der Waals surface area contributed by atoms with E-state index >= 15 is 0 Å². The Morgan fingerprint density at radius 3 is 2.72 bits per heavy atom. The van der Waals surface area contributed by atoms with Gasteiger partial charge in [0.25, 0.3) is 5.91 Å². The van der Waals surface area contributed by atoms with Crippen LogP contribution in [0.2, 0.25) is 0 Å². The number of aromatic nitrogens is 1. The van der Waals surface area contributed by atoms with Crippen molar-refractivity contribution >= 4 is 39.1 Å². The molecule has 8 heteroatoms. The Bertz CT molecular complexity index is 1510. The van der Waals surface area contributed by atoms with E-state index in [4.69, 9.17) is 19.2 Å². The van der Waals surface area contributed by atoms with Crippen LogP contribution in [0.25, 0.3) is 22.2 Å². The van der Waals surface area contributed by atoms with Crippen LogP contribution in [0.15, 0.2) is 48.5 Å². The lowest BCUT2D eigenvalue weighted by Gasteiger charge is -2.11. The van der Waals surface area contributed by atoms with Crippen LogP contribution in [0.4, 0.5) is 5.00 Å². The SMILES string of the molecule is COC(=O)c1c(NC(=O)c2cc(-c3ccc4c(c3)OCO4)nc3ccccc23)sc2c1CCCCC2. The maximum absolute atomic E-state index is 13.7. The van der Waals surface area contributed by atoms with Crippen LogP contribution < -0.4 is 14.8 Å². The molecule has 0 fully saturated rings. The predicted octanol–water partition coefficient (Wildman–Crippen LogP) is 6.00. The molecule has 0 saturated carbocycles. The Labute approximate surface area is 212 Å². The molecule has 1 N–H and O–H groups in total. The van der Waals surface area contributed by atoms with Gasteiger partial charge in [-0.1, -0.05) is 24.6 Å². The van der Waals surface area contributed by atoms with Crippen molar-refractivity contribution in [2.75, 3.05) is 19.2 Å². The van der Waals surface area contributed by atoms with Crippen LogP contribution in [0, 0.1) is 0 Å². The number of nitrogens with one attached hydrogen (secondary N) is 1. The largest absolute Gasteiger partial charge is 0.465 e. The summed E-state index contributed by atoms with van der Waals surface area (Å²) in [6.45, 7) is 0.185. The zero-order chi connectivity index (χ0) is 24.6. The van der Waals surface area contributed by atoms with Crippen LogP contribution >= 0.6 is 11.3 Å². The molecule has 0 atom stereocenters. The molecule has 7 nitrogen and oxygen atoms in total. The number of amides is 1. The number of para-hydroxylation sites is 1. The van der Waals surface area contributed by atoms with Gasteiger partial charge in [-0.3, -0.25) is 4.79 Å². The number of pyridine rings is 1. The van der Waals surface area contributed by atoms with Gasteiger partial charge in [-0.2, -0.15) is 0 Å². The van der Waals surface area contributed by atoms with Gasteiger partial charge in [0.2, 0.25) is 6.79 Å². The lowest BCUT2D eigenvalue weighted by molar-refractivity contribution is 0.0601. The van der Waals surface area contributed by atoms with E-state index in [1.54, 1.807) is 6.07 Å². The van der Waals surface area contributed by atoms with Gasteiger partial charge in [0.15, 0.2) is 11.5 Å². The predicted molar refractivity (Wildman–Crippen MR) is 138 cm³/mol. The average Bonchev–Trinajstić information content (AvgIpc) is 3.44. The zero-order valence-corrected chi connectivity index (χ0v) is 20.6. The summed E-state index contributed by atoms with van der Waals surface area (Å²) in [5.74, 6) is 0.629. The lowest BCUT2D eigenvalue weighted by Crippen LogP contribution is -2.15. The van der Waals surface area contributed by atoms with Gasteiger partial charge in [0, 0.05) is 15.8 Å². The van der Waals surface area contributed by atoms with E-state index in [0.717, 1.165) is 53.5 Å². The standard InChI is InChI=1S/C28H24N2O5S/c1-33-28(32)25-18-8-3-2-4-10-24(18)36-27(25)30-26(31)19-14-21(29-20-9-6-5-7-17(19)20)16-11-12-22-23(13-16)35-15-34-22/h5-7,9,11-14H,2-4,8,10,15H2,1H3,(H,30,31). The number of esters is 1. The molecule has 1 aliphatic heterocycles. The summed E-state index contributed by atoms with van der Waals surface area (Å²) in [4.78, 5) is 32.4. The van der Waals surface area contributed by atoms with Gasteiger partial charge in [-0.25, -0.2) is 9.78 Å². The number of fused-ring (bicyclic) bond motifs is 3. The fourth-order valence-electron chi connectivity index (χ4n) is 4.89. The molecule has 2 aromatic carbocycles. The van der Waals surface area contributed by atoms with Gasteiger partial charge < -0.3 is 19.5 Å². The van der Waals surface area contributed by atoms with E-state index in [1.165, 1.54) is 18.4 Å². The summed E-state index contributed by atoms with van der Waals surface area (Å²) in [6, 6.07) is 14.9. The fourth-order valence-corrected chi connectivity index (χ4v) is 6.16. The van der Waals surface area contributed by atoms with Crippen molar-refractivity contribution in [3.05, 3.63) is 70.1 Å². The molecule has 4 aromatic rings. The van der Waals surface area contributed by atoms with Crippen LogP contribution in [0.3, 0.4) is 0 Å². The zero-order valence-electron chi connectivity index (χ0n) is 19.8. The minimum atomic E-state index is -0.412. The third-order valence-corrected chi connectivity index (χ3v) is 7.87. The molecule has 2 aromatic heterocycles. The van der Waals surface area contributed by atoms with E-state index in [9.17, 15) is 9.59 Å². The molecule has 2 aliphatic rings. The molecule has 0 spiro atoms. The average molecular weight is 501 g/mol. The molecule has 6 rings (SSSR count). The van der Waals surface area contributed by atoms with E-state index in [0.29, 0.717) is 38.8 Å². The first-order chi connectivity index (χ1) is 17.6. The first kappa shape index (κ1) is 22.5. The highest BCUT2D eigenvalue weighted by atomic mass is 32.1. The molecule has 0 radical (unpaired) electrons. The monoisotopic (exact) mass is 500 g/mol. The number of hydrogen-bond donors (Lipinski definition) is 1. The number of nitrogens with zero attached hydrogens (tertiary/aromatic N) is 1. The molecule has 0 bridgehead atoms. The summed E-state index contributed by atoms with van der Waals surface area (Å²) in [6.07, 6.45) is 4.96. The topological polar surface area (TPSA) is 86.8 Å². The molecular weight excluding hydrogens is 476 g/mol. The van der Waals surface area contributed by atoms with Crippen LogP contribution in [0.5, 0.6) is 11.5 Å². The minimum Gasteiger partial charge on any atom is -0.465 e. The number of hydrogen-bond acceptors (Lipinski definition) is 7. The molecule has 182 valence electrons. The molecule has 3 heterocycles. The van der Waals surface area contributed by atoms with Crippen molar-refractivity contribution in [3.63, 3.8) is 0 Å². The number of benzene rings is 2. The second kappa shape index (κ2) is 9.28. The number of methoxy groups -OCH3 is 1. The lowest BCUT2D eigenvalue weighted by atomic mass is 10.0. The maximum Gasteiger partial charge on any atom is 0.341 e. The van der Waals surface area contributed by atoms with Gasteiger partial charge >= 0.3 is 5.97 Å². The number of carbonyl (C=O) groups excluding carboxylic acids is 2. The Kier molecular flexibility index (Phi) is 5.81. The van der Waals surface area contributed by atoms with E-state index in [-0.39, 0.29) is 12.7 Å². The number of rotatable bonds is 4. The third-order valence-electron chi connectivity index (χ3n) is 6.67. The van der Waals surface area contributed by atoms with Crippen molar-refractivity contribution in [1.82, 2.24) is 4.98 Å². The van der Waals surface area contributed by atoms with Crippen LogP contribution in [-0.4, -0.2) is 30.8 Å². The molecule has 0 saturated heterocycles. The summed E-state index contributed by atoms with van der Waals surface area (Å²) >= 11 is 1.48. The first-order valence-electron chi connectivity index (χ1n) is 12.0. The Hall–Kier alpha value is -3.91. The maximum atomic E-state index is 13.7. The number of carbonyl (C=O) groups is 2. The van der Waals surface area contributed by atoms with Gasteiger partial charge in [0.1, 0.15) is 5.00 Å². The second-order valence-electron chi connectivity index (χ2n) is 8.85. The highest BCUT2D eigenvalue weighted by Crippen LogP contribution is 2.39. The van der Waals surface area contributed by atoms with Crippen LogP contribution in [0.1, 0.15) is 50.4 Å². The van der Waals surface area contributed by atoms with Crippen molar-refractivity contribution < 1.29 is 23.8 Å². The van der Waals surface area contributed by atoms with E-state index in [1.807, 2.05) is 42.5 Å². The Balaban J connectivity index is 1.42. The molecule has 36 heavy (non-hydrogen) atoms. The van der Waals surface area contributed by atoms with Gasteiger partial charge in [-0.05, 0) is 61.6 Å². The van der Waals surface area contributed by atoms with Crippen molar-refractivity contribution in [2.45, 2.75) is 32.1 Å². The number of thiophene rings is 1. The first-order valence-corrected chi connectivity index (χ1v) is 12.8. The van der Waals surface area contributed by atoms with Crippen LogP contribution in [-0.2, 0) is 17.6 Å². The Morgan fingerprint density at radius 2 is 1.83 bits per heavy atom. The second-order valence-corrected chi connectivity index (χ2v) is 9.96. The molecular formula is C28H24N2O5S. The fraction of sp³-hybridized carbons (Fsp3) is 0.250. The smallest absolute Gasteiger partial charge is 0.341 e. The molecule has 1 aliphatic carbocycles. The highest BCUT2D eigenvalue weighted by Gasteiger charge is 2.27. The van der Waals surface area contributed by atoms with Gasteiger partial charge in [0.05, 0.1) is 29.4 Å². The van der Waals surface area contributed by atoms with Crippen molar-refractivity contribution in [3.8, 4) is 22.8 Å². The summed E-state index contributed by atoms with van der Waals surface area (Å²) in [5.41, 5.74) is 4.15. The van der Waals surface area contributed by atoms with E-state index < -0.39 is 5.97 Å².